The fourth-order valence-electron chi connectivity index (χ4n) is 1.41. The van der Waals surface area contributed by atoms with Crippen LogP contribution < -0.4 is 10.6 Å². The Hall–Kier alpha value is -1.60. The molecule has 0 spiro atoms. The van der Waals surface area contributed by atoms with Crippen molar-refractivity contribution in [2.75, 3.05) is 6.61 Å². The summed E-state index contributed by atoms with van der Waals surface area (Å²) in [5.74, 6) is -1.27. The van der Waals surface area contributed by atoms with E-state index in [4.69, 9.17) is 10.2 Å². The highest BCUT2D eigenvalue weighted by atomic mass is 32.1. The van der Waals surface area contributed by atoms with E-state index in [0.29, 0.717) is 6.42 Å². The van der Waals surface area contributed by atoms with Crippen molar-refractivity contribution in [1.82, 2.24) is 10.6 Å². The molecule has 2 atom stereocenters. The first-order valence-electron chi connectivity index (χ1n) is 5.52. The average Bonchev–Trinajstić information content (AvgIpc) is 2.86. The van der Waals surface area contributed by atoms with E-state index in [2.05, 4.69) is 10.6 Å². The van der Waals surface area contributed by atoms with E-state index in [-0.39, 0.29) is 6.04 Å². The Morgan fingerprint density at radius 2 is 2.17 bits per heavy atom. The topological polar surface area (TPSA) is 98.7 Å². The molecule has 6 nitrogen and oxygen atoms in total. The number of carboxylic acids is 1. The van der Waals surface area contributed by atoms with Gasteiger partial charge >= 0.3 is 12.0 Å². The summed E-state index contributed by atoms with van der Waals surface area (Å²) in [6.07, 6.45) is 0.699. The lowest BCUT2D eigenvalue weighted by Gasteiger charge is -2.18. The van der Waals surface area contributed by atoms with E-state index in [0.717, 1.165) is 4.88 Å². The Labute approximate surface area is 109 Å². The smallest absolute Gasteiger partial charge is 0.328 e. The van der Waals surface area contributed by atoms with Crippen LogP contribution in [0.25, 0.3) is 0 Å². The minimum atomic E-state index is -1.29. The van der Waals surface area contributed by atoms with Gasteiger partial charge < -0.3 is 20.8 Å². The number of urea groups is 1. The maximum absolute atomic E-state index is 11.6. The van der Waals surface area contributed by atoms with Crippen LogP contribution in [-0.2, 0) is 4.79 Å². The van der Waals surface area contributed by atoms with Gasteiger partial charge in [-0.05, 0) is 17.9 Å². The molecule has 18 heavy (non-hydrogen) atoms. The highest BCUT2D eigenvalue weighted by molar-refractivity contribution is 7.10. The average molecular weight is 272 g/mol. The predicted molar refractivity (Wildman–Crippen MR) is 67.5 cm³/mol. The summed E-state index contributed by atoms with van der Waals surface area (Å²) in [6.45, 7) is 1.28. The molecule has 0 saturated carbocycles. The number of carboxylic acid groups (broad SMARTS) is 1. The van der Waals surface area contributed by atoms with Gasteiger partial charge in [0.25, 0.3) is 0 Å². The van der Waals surface area contributed by atoms with Crippen LogP contribution in [0.15, 0.2) is 17.5 Å². The van der Waals surface area contributed by atoms with E-state index < -0.39 is 24.6 Å². The zero-order chi connectivity index (χ0) is 13.5. The largest absolute Gasteiger partial charge is 0.480 e. The summed E-state index contributed by atoms with van der Waals surface area (Å²) in [7, 11) is 0. The number of aliphatic hydroxyl groups excluding tert-OH is 1. The highest BCUT2D eigenvalue weighted by Crippen LogP contribution is 2.21. The molecule has 0 aliphatic rings. The number of amides is 2. The summed E-state index contributed by atoms with van der Waals surface area (Å²) >= 11 is 1.52. The molecule has 0 bridgehead atoms. The molecule has 0 fully saturated rings. The summed E-state index contributed by atoms with van der Waals surface area (Å²) in [6, 6.07) is 1.75. The molecule has 1 aromatic rings. The van der Waals surface area contributed by atoms with Crippen molar-refractivity contribution < 1.29 is 19.8 Å². The number of nitrogens with one attached hydrogen (secondary N) is 2. The molecule has 0 aliphatic heterocycles. The molecule has 1 heterocycles. The number of aliphatic hydroxyl groups is 1. The third kappa shape index (κ3) is 4.01. The van der Waals surface area contributed by atoms with E-state index >= 15 is 0 Å². The van der Waals surface area contributed by atoms with Gasteiger partial charge in [-0.1, -0.05) is 13.0 Å². The monoisotopic (exact) mass is 272 g/mol. The molecule has 0 aliphatic carbocycles. The molecule has 4 N–H and O–H groups in total. The van der Waals surface area contributed by atoms with E-state index in [1.807, 2.05) is 24.4 Å². The quantitative estimate of drug-likeness (QED) is 0.619. The Kier molecular flexibility index (Phi) is 5.60. The van der Waals surface area contributed by atoms with Gasteiger partial charge in [0.05, 0.1) is 12.6 Å². The van der Waals surface area contributed by atoms with E-state index in [9.17, 15) is 9.59 Å². The van der Waals surface area contributed by atoms with Crippen molar-refractivity contribution >= 4 is 23.3 Å². The Morgan fingerprint density at radius 1 is 1.44 bits per heavy atom. The summed E-state index contributed by atoms with van der Waals surface area (Å²) < 4.78 is 0. The minimum Gasteiger partial charge on any atom is -0.480 e. The molecular formula is C11H16N2O4S. The third-order valence-corrected chi connectivity index (χ3v) is 3.37. The number of carbonyl (C=O) groups is 2. The maximum atomic E-state index is 11.6. The molecular weight excluding hydrogens is 256 g/mol. The molecule has 1 unspecified atom stereocenters. The van der Waals surface area contributed by atoms with Gasteiger partial charge in [-0.2, -0.15) is 0 Å². The van der Waals surface area contributed by atoms with Gasteiger partial charge in [-0.3, -0.25) is 0 Å². The van der Waals surface area contributed by atoms with Crippen molar-refractivity contribution in [2.24, 2.45) is 0 Å². The molecule has 1 rings (SSSR count). The third-order valence-electron chi connectivity index (χ3n) is 2.39. The molecule has 0 radical (unpaired) electrons. The first-order valence-corrected chi connectivity index (χ1v) is 6.40. The van der Waals surface area contributed by atoms with E-state index in [1.54, 1.807) is 0 Å². The fourth-order valence-corrected chi connectivity index (χ4v) is 2.27. The van der Waals surface area contributed by atoms with Crippen LogP contribution in [0.2, 0.25) is 0 Å². The van der Waals surface area contributed by atoms with Crippen molar-refractivity contribution in [1.29, 1.82) is 0 Å². The Balaban J connectivity index is 2.55. The van der Waals surface area contributed by atoms with Crippen molar-refractivity contribution in [2.45, 2.75) is 25.4 Å². The number of hydrogen-bond acceptors (Lipinski definition) is 4. The Bertz CT molecular complexity index is 394. The van der Waals surface area contributed by atoms with Crippen LogP contribution in [0, 0.1) is 0 Å². The standard InChI is InChI=1S/C11H16N2O4S/c1-2-7(9-4-3-5-18-9)12-11(17)13-8(6-14)10(15)16/h3-5,7-8,14H,2,6H2,1H3,(H,15,16)(H2,12,13,17)/t7?,8-/m0/s1. The lowest BCUT2D eigenvalue weighted by atomic mass is 10.2. The zero-order valence-corrected chi connectivity index (χ0v) is 10.7. The van der Waals surface area contributed by atoms with Crippen LogP contribution in [0.3, 0.4) is 0 Å². The van der Waals surface area contributed by atoms with Gasteiger partial charge in [0.2, 0.25) is 0 Å². The van der Waals surface area contributed by atoms with Crippen LogP contribution in [-0.4, -0.2) is 34.9 Å². The zero-order valence-electron chi connectivity index (χ0n) is 9.92. The van der Waals surface area contributed by atoms with Gasteiger partial charge in [-0.25, -0.2) is 9.59 Å². The molecule has 0 aromatic carbocycles. The van der Waals surface area contributed by atoms with Gasteiger partial charge in [0.15, 0.2) is 6.04 Å². The fraction of sp³-hybridized carbons (Fsp3) is 0.455. The summed E-state index contributed by atoms with van der Waals surface area (Å²) in [5, 5.41) is 24.3. The lowest BCUT2D eigenvalue weighted by molar-refractivity contribution is -0.140. The van der Waals surface area contributed by atoms with Crippen molar-refractivity contribution in [3.8, 4) is 0 Å². The number of hydrogen-bond donors (Lipinski definition) is 4. The van der Waals surface area contributed by atoms with E-state index in [1.165, 1.54) is 11.3 Å². The second-order valence-corrected chi connectivity index (χ2v) is 4.65. The molecule has 1 aromatic heterocycles. The number of thiophene rings is 1. The van der Waals surface area contributed by atoms with Crippen LogP contribution >= 0.6 is 11.3 Å². The van der Waals surface area contributed by atoms with Crippen molar-refractivity contribution in [3.05, 3.63) is 22.4 Å². The normalized spacial score (nSPS) is 13.7. The first kappa shape index (κ1) is 14.5. The number of rotatable bonds is 6. The van der Waals surface area contributed by atoms with Crippen molar-refractivity contribution in [3.63, 3.8) is 0 Å². The molecule has 0 saturated heterocycles. The first-order chi connectivity index (χ1) is 8.58. The molecule has 2 amide bonds. The van der Waals surface area contributed by atoms with Crippen LogP contribution in [0.4, 0.5) is 4.79 Å². The lowest BCUT2D eigenvalue weighted by Crippen LogP contribution is -2.48. The SMILES string of the molecule is CCC(NC(=O)N[C@@H](CO)C(=O)O)c1cccs1. The maximum Gasteiger partial charge on any atom is 0.328 e. The summed E-state index contributed by atoms with van der Waals surface area (Å²) in [5.41, 5.74) is 0. The summed E-state index contributed by atoms with van der Waals surface area (Å²) in [4.78, 5) is 23.2. The van der Waals surface area contributed by atoms with Gasteiger partial charge in [-0.15, -0.1) is 11.3 Å². The van der Waals surface area contributed by atoms with Crippen LogP contribution in [0.1, 0.15) is 24.3 Å². The minimum absolute atomic E-state index is 0.155. The van der Waals surface area contributed by atoms with Crippen LogP contribution in [0.5, 0.6) is 0 Å². The molecule has 7 heteroatoms. The van der Waals surface area contributed by atoms with Gasteiger partial charge in [0, 0.05) is 4.88 Å². The predicted octanol–water partition coefficient (Wildman–Crippen LogP) is 0.944. The number of aliphatic carboxylic acids is 1. The second-order valence-electron chi connectivity index (χ2n) is 3.67. The second kappa shape index (κ2) is 6.97. The Morgan fingerprint density at radius 3 is 2.61 bits per heavy atom. The van der Waals surface area contributed by atoms with Gasteiger partial charge in [0.1, 0.15) is 0 Å². The number of carbonyl (C=O) groups excluding carboxylic acids is 1. The highest BCUT2D eigenvalue weighted by Gasteiger charge is 2.20. The molecule has 100 valence electrons.